The SMILES string of the molecule is CC1N=C(Nc2ccccc2)NC1C. The molecule has 14 heavy (non-hydrogen) atoms. The highest BCUT2D eigenvalue weighted by Crippen LogP contribution is 2.09. The molecule has 0 spiro atoms. The summed E-state index contributed by atoms with van der Waals surface area (Å²) in [6, 6.07) is 10.8. The van der Waals surface area contributed by atoms with E-state index in [1.54, 1.807) is 0 Å². The van der Waals surface area contributed by atoms with Gasteiger partial charge in [0.05, 0.1) is 6.04 Å². The number of aliphatic imine (C=N–C) groups is 1. The maximum absolute atomic E-state index is 4.46. The van der Waals surface area contributed by atoms with E-state index in [-0.39, 0.29) is 0 Å². The van der Waals surface area contributed by atoms with E-state index in [0.717, 1.165) is 11.6 Å². The Labute approximate surface area is 84.2 Å². The van der Waals surface area contributed by atoms with Gasteiger partial charge in [-0.15, -0.1) is 0 Å². The van der Waals surface area contributed by atoms with Gasteiger partial charge in [0.15, 0.2) is 5.96 Å². The Morgan fingerprint density at radius 1 is 1.21 bits per heavy atom. The summed E-state index contributed by atoms with van der Waals surface area (Å²) < 4.78 is 0. The molecule has 74 valence electrons. The first-order chi connectivity index (χ1) is 6.75. The van der Waals surface area contributed by atoms with Crippen molar-refractivity contribution in [2.75, 3.05) is 5.32 Å². The monoisotopic (exact) mass is 189 g/mol. The van der Waals surface area contributed by atoms with E-state index in [1.165, 1.54) is 0 Å². The van der Waals surface area contributed by atoms with Crippen LogP contribution >= 0.6 is 0 Å². The molecule has 1 aliphatic rings. The molecule has 0 aromatic heterocycles. The van der Waals surface area contributed by atoms with Gasteiger partial charge in [0.25, 0.3) is 0 Å². The molecule has 2 unspecified atom stereocenters. The van der Waals surface area contributed by atoms with Crippen LogP contribution in [0.2, 0.25) is 0 Å². The van der Waals surface area contributed by atoms with Gasteiger partial charge < -0.3 is 10.6 Å². The Hall–Kier alpha value is -1.51. The van der Waals surface area contributed by atoms with Crippen molar-refractivity contribution in [1.82, 2.24) is 5.32 Å². The summed E-state index contributed by atoms with van der Waals surface area (Å²) in [4.78, 5) is 4.46. The van der Waals surface area contributed by atoms with Gasteiger partial charge in [-0.3, -0.25) is 0 Å². The van der Waals surface area contributed by atoms with E-state index >= 15 is 0 Å². The fourth-order valence-corrected chi connectivity index (χ4v) is 1.42. The number of benzene rings is 1. The van der Waals surface area contributed by atoms with Gasteiger partial charge in [-0.05, 0) is 26.0 Å². The fourth-order valence-electron chi connectivity index (χ4n) is 1.42. The van der Waals surface area contributed by atoms with E-state index < -0.39 is 0 Å². The minimum Gasteiger partial charge on any atom is -0.352 e. The Morgan fingerprint density at radius 3 is 2.50 bits per heavy atom. The van der Waals surface area contributed by atoms with Crippen LogP contribution in [0.15, 0.2) is 35.3 Å². The van der Waals surface area contributed by atoms with Crippen molar-refractivity contribution in [3.8, 4) is 0 Å². The van der Waals surface area contributed by atoms with Crippen LogP contribution in [0.4, 0.5) is 5.69 Å². The molecule has 2 atom stereocenters. The molecule has 1 aliphatic heterocycles. The van der Waals surface area contributed by atoms with Crippen molar-refractivity contribution >= 4 is 11.6 Å². The van der Waals surface area contributed by atoms with Crippen LogP contribution in [0.5, 0.6) is 0 Å². The quantitative estimate of drug-likeness (QED) is 0.707. The molecule has 1 aromatic carbocycles. The van der Waals surface area contributed by atoms with E-state index in [9.17, 15) is 0 Å². The van der Waals surface area contributed by atoms with Crippen LogP contribution in [-0.4, -0.2) is 18.0 Å². The van der Waals surface area contributed by atoms with Gasteiger partial charge in [0, 0.05) is 11.7 Å². The van der Waals surface area contributed by atoms with Gasteiger partial charge >= 0.3 is 0 Å². The Bertz CT molecular complexity index is 332. The van der Waals surface area contributed by atoms with E-state index in [2.05, 4.69) is 29.5 Å². The zero-order valence-corrected chi connectivity index (χ0v) is 8.49. The van der Waals surface area contributed by atoms with Crippen LogP contribution in [0.25, 0.3) is 0 Å². The average molecular weight is 189 g/mol. The van der Waals surface area contributed by atoms with E-state index in [0.29, 0.717) is 12.1 Å². The number of nitrogens with zero attached hydrogens (tertiary/aromatic N) is 1. The van der Waals surface area contributed by atoms with Gasteiger partial charge in [0.2, 0.25) is 0 Å². The summed E-state index contributed by atoms with van der Waals surface area (Å²) in [5.74, 6) is 0.871. The predicted molar refractivity (Wildman–Crippen MR) is 59.6 cm³/mol. The summed E-state index contributed by atoms with van der Waals surface area (Å²) in [6.45, 7) is 4.24. The normalized spacial score (nSPS) is 25.4. The lowest BCUT2D eigenvalue weighted by Crippen LogP contribution is -2.34. The first-order valence-corrected chi connectivity index (χ1v) is 4.92. The van der Waals surface area contributed by atoms with Crippen molar-refractivity contribution in [3.05, 3.63) is 30.3 Å². The highest BCUT2D eigenvalue weighted by molar-refractivity contribution is 5.95. The molecule has 0 saturated heterocycles. The summed E-state index contributed by atoms with van der Waals surface area (Å²) in [7, 11) is 0. The van der Waals surface area contributed by atoms with Gasteiger partial charge in [-0.1, -0.05) is 18.2 Å². The maximum Gasteiger partial charge on any atom is 0.196 e. The molecule has 0 radical (unpaired) electrons. The number of guanidine groups is 1. The second kappa shape index (κ2) is 3.70. The predicted octanol–water partition coefficient (Wildman–Crippen LogP) is 1.83. The summed E-state index contributed by atoms with van der Waals surface area (Å²) in [5, 5.41) is 6.53. The lowest BCUT2D eigenvalue weighted by molar-refractivity contribution is 0.601. The molecule has 2 rings (SSSR count). The van der Waals surface area contributed by atoms with Gasteiger partial charge in [-0.25, -0.2) is 4.99 Å². The Kier molecular flexibility index (Phi) is 2.39. The minimum atomic E-state index is 0.348. The van der Waals surface area contributed by atoms with Crippen LogP contribution in [0.1, 0.15) is 13.8 Å². The second-order valence-electron chi connectivity index (χ2n) is 3.64. The average Bonchev–Trinajstić information content (AvgIpc) is 2.47. The standard InChI is InChI=1S/C11H15N3/c1-8-9(2)13-11(12-8)14-10-6-4-3-5-7-10/h3-9H,1-2H3,(H2,12,13,14). The number of rotatable bonds is 1. The van der Waals surface area contributed by atoms with E-state index in [1.807, 2.05) is 30.3 Å². The van der Waals surface area contributed by atoms with Crippen LogP contribution in [0.3, 0.4) is 0 Å². The molecule has 3 nitrogen and oxygen atoms in total. The van der Waals surface area contributed by atoms with Crippen LogP contribution < -0.4 is 10.6 Å². The summed E-state index contributed by atoms with van der Waals surface area (Å²) in [6.07, 6.45) is 0. The highest BCUT2D eigenvalue weighted by atomic mass is 15.2. The zero-order valence-electron chi connectivity index (χ0n) is 8.49. The largest absolute Gasteiger partial charge is 0.352 e. The third-order valence-corrected chi connectivity index (χ3v) is 2.46. The van der Waals surface area contributed by atoms with Gasteiger partial charge in [-0.2, -0.15) is 0 Å². The number of nitrogens with one attached hydrogen (secondary N) is 2. The second-order valence-corrected chi connectivity index (χ2v) is 3.64. The molecule has 0 fully saturated rings. The lowest BCUT2D eigenvalue weighted by Gasteiger charge is -2.09. The molecular weight excluding hydrogens is 174 g/mol. The molecular formula is C11H15N3. The molecule has 3 heteroatoms. The third kappa shape index (κ3) is 1.87. The number of hydrogen-bond acceptors (Lipinski definition) is 3. The van der Waals surface area contributed by atoms with E-state index in [4.69, 9.17) is 0 Å². The van der Waals surface area contributed by atoms with Crippen molar-refractivity contribution in [2.45, 2.75) is 25.9 Å². The van der Waals surface area contributed by atoms with Crippen molar-refractivity contribution in [1.29, 1.82) is 0 Å². The van der Waals surface area contributed by atoms with Crippen molar-refractivity contribution < 1.29 is 0 Å². The topological polar surface area (TPSA) is 36.4 Å². The Morgan fingerprint density at radius 2 is 1.93 bits per heavy atom. The fraction of sp³-hybridized carbons (Fsp3) is 0.364. The molecule has 1 aromatic rings. The number of anilines is 1. The van der Waals surface area contributed by atoms with Crippen LogP contribution in [0, 0.1) is 0 Å². The van der Waals surface area contributed by atoms with Crippen LogP contribution in [-0.2, 0) is 0 Å². The number of para-hydroxylation sites is 1. The maximum atomic E-state index is 4.46. The zero-order chi connectivity index (χ0) is 9.97. The van der Waals surface area contributed by atoms with Gasteiger partial charge in [0.1, 0.15) is 0 Å². The first kappa shape index (κ1) is 9.06. The minimum absolute atomic E-state index is 0.348. The number of hydrogen-bond donors (Lipinski definition) is 2. The first-order valence-electron chi connectivity index (χ1n) is 4.92. The van der Waals surface area contributed by atoms with Crippen molar-refractivity contribution in [3.63, 3.8) is 0 Å². The Balaban J connectivity index is 2.03. The molecule has 0 aliphatic carbocycles. The third-order valence-electron chi connectivity index (χ3n) is 2.46. The highest BCUT2D eigenvalue weighted by Gasteiger charge is 2.19. The molecule has 1 heterocycles. The molecule has 2 N–H and O–H groups in total. The summed E-state index contributed by atoms with van der Waals surface area (Å²) >= 11 is 0. The molecule has 0 bridgehead atoms. The molecule has 0 saturated carbocycles. The molecule has 0 amide bonds. The lowest BCUT2D eigenvalue weighted by atomic mass is 10.2. The van der Waals surface area contributed by atoms with Crippen molar-refractivity contribution in [2.24, 2.45) is 4.99 Å². The smallest absolute Gasteiger partial charge is 0.196 e. The summed E-state index contributed by atoms with van der Waals surface area (Å²) in [5.41, 5.74) is 1.07.